The Morgan fingerprint density at radius 3 is 1.76 bits per heavy atom. The molecule has 10 heteroatoms. The van der Waals surface area contributed by atoms with E-state index in [1.54, 1.807) is 68.4 Å². The molecule has 0 bridgehead atoms. The smallest absolute Gasteiger partial charge is 0.310 e. The van der Waals surface area contributed by atoms with E-state index in [0.717, 1.165) is 9.75 Å². The first-order chi connectivity index (χ1) is 20.4. The van der Waals surface area contributed by atoms with Crippen LogP contribution in [0, 0.1) is 0 Å². The van der Waals surface area contributed by atoms with Crippen LogP contribution in [0.4, 0.5) is 0 Å². The van der Waals surface area contributed by atoms with Crippen molar-refractivity contribution in [3.8, 4) is 29.3 Å². The van der Waals surface area contributed by atoms with Crippen LogP contribution in [0.15, 0.2) is 79.4 Å². The molecule has 0 amide bonds. The lowest BCUT2D eigenvalue weighted by molar-refractivity contribution is -0.140. The highest BCUT2D eigenvalue weighted by Crippen LogP contribution is 2.47. The van der Waals surface area contributed by atoms with Crippen LogP contribution >= 0.6 is 68.4 Å². The maximum absolute atomic E-state index is 11.7. The van der Waals surface area contributed by atoms with Gasteiger partial charge in [-0.05, 0) is 73.7 Å². The first-order valence-electron chi connectivity index (χ1n) is 13.0. The molecule has 5 aromatic heterocycles. The summed E-state index contributed by atoms with van der Waals surface area (Å²) < 4.78 is 9.61. The van der Waals surface area contributed by atoms with E-state index in [4.69, 9.17) is 9.47 Å². The van der Waals surface area contributed by atoms with Crippen molar-refractivity contribution in [1.29, 1.82) is 0 Å². The minimum absolute atomic E-state index is 0.216. The maximum atomic E-state index is 11.7. The molecule has 5 rings (SSSR count). The molecule has 5 aromatic rings. The third kappa shape index (κ3) is 7.42. The predicted octanol–water partition coefficient (Wildman–Crippen LogP) is 10.4. The number of carbonyl (C=O) groups is 2. The number of hydrogen-bond acceptors (Lipinski definition) is 10. The second-order valence-corrected chi connectivity index (χ2v) is 16.1. The second kappa shape index (κ2) is 14.2. The first kappa shape index (κ1) is 30.7. The summed E-state index contributed by atoms with van der Waals surface area (Å²) in [4.78, 5) is 36.3. The average Bonchev–Trinajstić information content (AvgIpc) is 3.81. The number of methoxy groups -OCH3 is 2. The minimum Gasteiger partial charge on any atom is -0.469 e. The predicted molar refractivity (Wildman–Crippen MR) is 184 cm³/mol. The van der Waals surface area contributed by atoms with E-state index in [0.29, 0.717) is 12.8 Å². The van der Waals surface area contributed by atoms with Crippen molar-refractivity contribution in [3.05, 3.63) is 98.9 Å². The molecular weight excluding hydrogens is 641 g/mol. The molecule has 0 aliphatic carbocycles. The number of carbonyl (C=O) groups excluding carboxylic acids is 2. The van der Waals surface area contributed by atoms with E-state index >= 15 is 0 Å². The van der Waals surface area contributed by atoms with Crippen molar-refractivity contribution in [2.45, 2.75) is 25.0 Å². The Morgan fingerprint density at radius 2 is 1.19 bits per heavy atom. The fraction of sp³-hybridized carbons (Fsp3) is 0.188. The first-order valence-corrected chi connectivity index (χ1v) is 17.9. The monoisotopic (exact) mass is 668 g/mol. The largest absolute Gasteiger partial charge is 0.469 e. The van der Waals surface area contributed by atoms with Crippen molar-refractivity contribution in [3.63, 3.8) is 0 Å². The summed E-state index contributed by atoms with van der Waals surface area (Å²) in [6.07, 6.45) is 4.54. The molecule has 0 aliphatic heterocycles. The standard InChI is InChI=1S/C32H28O4S6/c1-5-6-23(37-19(2)22-9-7-20(38-22)17-31(33)35-3)25-11-13-27(40-25)29-15-16-30(42-29)28-14-12-26(41-28)24-10-8-21(39-24)18-32(34)36-4/h5-16,19H,1,17-18H2,2-4H3/b23-6-. The van der Waals surface area contributed by atoms with Crippen LogP contribution < -0.4 is 0 Å². The van der Waals surface area contributed by atoms with E-state index < -0.39 is 0 Å². The fourth-order valence-electron chi connectivity index (χ4n) is 4.09. The third-order valence-electron chi connectivity index (χ3n) is 6.20. The number of esters is 2. The van der Waals surface area contributed by atoms with Gasteiger partial charge >= 0.3 is 11.9 Å². The Morgan fingerprint density at radius 1 is 0.714 bits per heavy atom. The van der Waals surface area contributed by atoms with Gasteiger partial charge in [0, 0.05) is 58.9 Å². The van der Waals surface area contributed by atoms with Crippen molar-refractivity contribution in [2.75, 3.05) is 14.2 Å². The van der Waals surface area contributed by atoms with E-state index in [-0.39, 0.29) is 17.2 Å². The highest BCUT2D eigenvalue weighted by Gasteiger charge is 2.17. The zero-order valence-corrected chi connectivity index (χ0v) is 28.1. The van der Waals surface area contributed by atoms with Gasteiger partial charge in [-0.15, -0.1) is 68.4 Å². The molecule has 5 heterocycles. The second-order valence-electron chi connectivity index (χ2n) is 9.09. The van der Waals surface area contributed by atoms with Crippen LogP contribution in [0.5, 0.6) is 0 Å². The third-order valence-corrected chi connectivity index (χ3v) is 13.9. The molecule has 0 saturated carbocycles. The van der Waals surface area contributed by atoms with E-state index in [2.05, 4.69) is 68.1 Å². The van der Waals surface area contributed by atoms with Gasteiger partial charge in [0.2, 0.25) is 0 Å². The summed E-state index contributed by atoms with van der Waals surface area (Å²) in [6, 6.07) is 21.3. The number of rotatable bonds is 12. The van der Waals surface area contributed by atoms with Crippen LogP contribution in [0.3, 0.4) is 0 Å². The molecule has 0 aromatic carbocycles. The van der Waals surface area contributed by atoms with Crippen molar-refractivity contribution < 1.29 is 19.1 Å². The number of thiophene rings is 5. The van der Waals surface area contributed by atoms with E-state index in [1.807, 2.05) is 18.2 Å². The Labute approximate surface area is 270 Å². The van der Waals surface area contributed by atoms with Crippen LogP contribution in [-0.4, -0.2) is 26.2 Å². The highest BCUT2D eigenvalue weighted by atomic mass is 32.2. The molecule has 0 aliphatic rings. The Balaban J connectivity index is 1.27. The summed E-state index contributed by atoms with van der Waals surface area (Å²) in [5.74, 6) is -0.432. The van der Waals surface area contributed by atoms with Crippen LogP contribution in [-0.2, 0) is 31.9 Å². The average molecular weight is 669 g/mol. The van der Waals surface area contributed by atoms with Crippen LogP contribution in [0.25, 0.3) is 34.2 Å². The zero-order chi connectivity index (χ0) is 29.6. The summed E-state index contributed by atoms with van der Waals surface area (Å²) in [6.45, 7) is 6.14. The molecule has 0 spiro atoms. The molecule has 0 fully saturated rings. The van der Waals surface area contributed by atoms with Gasteiger partial charge < -0.3 is 9.47 Å². The highest BCUT2D eigenvalue weighted by molar-refractivity contribution is 8.08. The molecule has 0 saturated heterocycles. The lowest BCUT2D eigenvalue weighted by Gasteiger charge is -2.11. The van der Waals surface area contributed by atoms with Gasteiger partial charge in [0.1, 0.15) is 0 Å². The SMILES string of the molecule is C=C/C=C(\SC(C)c1ccc(CC(=O)OC)s1)c1ccc(-c2ccc(-c3ccc(-c4ccc(CC(=O)OC)s4)s3)s2)s1. The molecule has 1 atom stereocenters. The normalized spacial score (nSPS) is 12.3. The molecule has 1 unspecified atom stereocenters. The minimum atomic E-state index is -0.216. The molecule has 0 radical (unpaired) electrons. The summed E-state index contributed by atoms with van der Waals surface area (Å²) in [5.41, 5.74) is 0. The molecule has 0 N–H and O–H groups in total. The van der Waals surface area contributed by atoms with Gasteiger partial charge in [-0.25, -0.2) is 0 Å². The van der Waals surface area contributed by atoms with E-state index in [9.17, 15) is 9.59 Å². The lowest BCUT2D eigenvalue weighted by atomic mass is 10.3. The van der Waals surface area contributed by atoms with E-state index in [1.165, 1.54) is 58.1 Å². The van der Waals surface area contributed by atoms with Crippen LogP contribution in [0.1, 0.15) is 31.7 Å². The zero-order valence-electron chi connectivity index (χ0n) is 23.2. The number of ether oxygens (including phenoxy) is 2. The Bertz CT molecular complexity index is 1730. The Kier molecular flexibility index (Phi) is 10.4. The van der Waals surface area contributed by atoms with Gasteiger partial charge in [0.15, 0.2) is 0 Å². The van der Waals surface area contributed by atoms with Gasteiger partial charge in [-0.2, -0.15) is 0 Å². The topological polar surface area (TPSA) is 52.6 Å². The van der Waals surface area contributed by atoms with Crippen LogP contribution in [0.2, 0.25) is 0 Å². The molecular formula is C32H28O4S6. The summed E-state index contributed by atoms with van der Waals surface area (Å²) >= 11 is 10.5. The quantitative estimate of drug-likeness (QED) is 0.0978. The maximum Gasteiger partial charge on any atom is 0.310 e. The van der Waals surface area contributed by atoms with Crippen molar-refractivity contribution in [1.82, 2.24) is 0 Å². The summed E-state index contributed by atoms with van der Waals surface area (Å²) in [5, 5.41) is 0.236. The summed E-state index contributed by atoms with van der Waals surface area (Å²) in [7, 11) is 2.84. The molecule has 42 heavy (non-hydrogen) atoms. The Hall–Kier alpha value is -2.73. The van der Waals surface area contributed by atoms with Gasteiger partial charge in [0.05, 0.1) is 27.1 Å². The number of thioether (sulfide) groups is 1. The number of allylic oxidation sites excluding steroid dienone is 2. The van der Waals surface area contributed by atoms with Crippen molar-refractivity contribution in [2.24, 2.45) is 0 Å². The fourth-order valence-corrected chi connectivity index (χ4v) is 10.7. The number of hydrogen-bond donors (Lipinski definition) is 0. The van der Waals surface area contributed by atoms with Crippen molar-refractivity contribution >= 4 is 85.3 Å². The van der Waals surface area contributed by atoms with Gasteiger partial charge in [-0.3, -0.25) is 9.59 Å². The lowest BCUT2D eigenvalue weighted by Crippen LogP contribution is -2.02. The molecule has 216 valence electrons. The molecule has 4 nitrogen and oxygen atoms in total. The van der Waals surface area contributed by atoms with Gasteiger partial charge in [-0.1, -0.05) is 12.7 Å². The van der Waals surface area contributed by atoms with Gasteiger partial charge in [0.25, 0.3) is 0 Å².